The largest absolute Gasteiger partial charge is 0.481 e. The highest BCUT2D eigenvalue weighted by atomic mass is 16.4. The van der Waals surface area contributed by atoms with Gasteiger partial charge < -0.3 is 10.4 Å². The molecule has 0 bridgehead atoms. The maximum Gasteiger partial charge on any atom is 0.303 e. The van der Waals surface area contributed by atoms with E-state index in [1.54, 1.807) is 0 Å². The molecule has 0 aromatic carbocycles. The van der Waals surface area contributed by atoms with Gasteiger partial charge in [0.05, 0.1) is 6.04 Å². The number of hydrogen-bond donors (Lipinski definition) is 2. The van der Waals surface area contributed by atoms with Crippen LogP contribution in [0, 0.1) is 0 Å². The summed E-state index contributed by atoms with van der Waals surface area (Å²) in [6, 6.07) is 0.394. The molecular formula is C14H24N2O3. The number of rotatable bonds is 4. The third kappa shape index (κ3) is 3.69. The summed E-state index contributed by atoms with van der Waals surface area (Å²) in [5.41, 5.74) is 0. The predicted octanol–water partition coefficient (Wildman–Crippen LogP) is 1.37. The zero-order valence-corrected chi connectivity index (χ0v) is 11.6. The van der Waals surface area contributed by atoms with Crippen LogP contribution in [-0.4, -0.2) is 46.6 Å². The second-order valence-electron chi connectivity index (χ2n) is 5.82. The Morgan fingerprint density at radius 1 is 1.37 bits per heavy atom. The Labute approximate surface area is 114 Å². The van der Waals surface area contributed by atoms with Gasteiger partial charge in [0.25, 0.3) is 0 Å². The average molecular weight is 268 g/mol. The van der Waals surface area contributed by atoms with Crippen molar-refractivity contribution in [3.63, 3.8) is 0 Å². The Morgan fingerprint density at radius 3 is 2.68 bits per heavy atom. The molecule has 2 rings (SSSR count). The number of nitrogens with zero attached hydrogens (tertiary/aromatic N) is 1. The van der Waals surface area contributed by atoms with Gasteiger partial charge in [0.1, 0.15) is 0 Å². The van der Waals surface area contributed by atoms with Crippen LogP contribution >= 0.6 is 0 Å². The van der Waals surface area contributed by atoms with Gasteiger partial charge in [-0.3, -0.25) is 14.5 Å². The maximum atomic E-state index is 12.3. The van der Waals surface area contributed by atoms with Gasteiger partial charge in [0.15, 0.2) is 0 Å². The smallest absolute Gasteiger partial charge is 0.303 e. The number of aliphatic carboxylic acids is 1. The standard InChI is InChI=1S/C14H24N2O3/c1-10-8-9-16(11-4-2-3-5-11)12(14(19)15-10)6-7-13(17)18/h10-12H,2-9H2,1H3,(H,15,19)(H,17,18). The van der Waals surface area contributed by atoms with Crippen LogP contribution < -0.4 is 5.32 Å². The SMILES string of the molecule is CC1CCN(C2CCCC2)C(CCC(=O)O)C(=O)N1. The van der Waals surface area contributed by atoms with Gasteiger partial charge in [0, 0.05) is 25.0 Å². The van der Waals surface area contributed by atoms with Crippen LogP contribution in [0.15, 0.2) is 0 Å². The summed E-state index contributed by atoms with van der Waals surface area (Å²) in [7, 11) is 0. The van der Waals surface area contributed by atoms with Crippen LogP contribution in [0.2, 0.25) is 0 Å². The van der Waals surface area contributed by atoms with Crippen molar-refractivity contribution in [1.82, 2.24) is 10.2 Å². The summed E-state index contributed by atoms with van der Waals surface area (Å²) in [5, 5.41) is 11.8. The van der Waals surface area contributed by atoms with Crippen LogP contribution in [0.5, 0.6) is 0 Å². The van der Waals surface area contributed by atoms with Crippen molar-refractivity contribution in [3.05, 3.63) is 0 Å². The number of carbonyl (C=O) groups excluding carboxylic acids is 1. The number of hydrogen-bond acceptors (Lipinski definition) is 3. The molecule has 1 saturated heterocycles. The lowest BCUT2D eigenvalue weighted by Gasteiger charge is -2.33. The first-order valence-corrected chi connectivity index (χ1v) is 7.36. The zero-order chi connectivity index (χ0) is 13.8. The normalized spacial score (nSPS) is 30.1. The average Bonchev–Trinajstić information content (AvgIpc) is 2.81. The quantitative estimate of drug-likeness (QED) is 0.808. The van der Waals surface area contributed by atoms with Crippen LogP contribution in [0.4, 0.5) is 0 Å². The molecule has 108 valence electrons. The first-order valence-electron chi connectivity index (χ1n) is 7.36. The molecule has 0 aromatic rings. The third-order valence-corrected chi connectivity index (χ3v) is 4.34. The maximum absolute atomic E-state index is 12.3. The van der Waals surface area contributed by atoms with Crippen molar-refractivity contribution >= 4 is 11.9 Å². The van der Waals surface area contributed by atoms with E-state index in [-0.39, 0.29) is 24.4 Å². The van der Waals surface area contributed by atoms with Crippen LogP contribution in [0.1, 0.15) is 51.9 Å². The summed E-state index contributed by atoms with van der Waals surface area (Å²) in [6.45, 7) is 2.92. The van der Waals surface area contributed by atoms with E-state index in [1.807, 2.05) is 6.92 Å². The Bertz CT molecular complexity index is 340. The summed E-state index contributed by atoms with van der Waals surface area (Å²) < 4.78 is 0. The topological polar surface area (TPSA) is 69.6 Å². The number of carboxylic acids is 1. The molecule has 2 fully saturated rings. The van der Waals surface area contributed by atoms with Crippen LogP contribution in [0.3, 0.4) is 0 Å². The number of carbonyl (C=O) groups is 2. The molecule has 0 spiro atoms. The lowest BCUT2D eigenvalue weighted by molar-refractivity contribution is -0.137. The second kappa shape index (κ2) is 6.37. The Hall–Kier alpha value is -1.10. The molecule has 0 radical (unpaired) electrons. The number of amides is 1. The molecule has 1 heterocycles. The van der Waals surface area contributed by atoms with Gasteiger partial charge in [0.2, 0.25) is 5.91 Å². The van der Waals surface area contributed by atoms with E-state index in [4.69, 9.17) is 5.11 Å². The molecule has 2 atom stereocenters. The minimum absolute atomic E-state index is 0.0122. The van der Waals surface area contributed by atoms with Gasteiger partial charge in [-0.2, -0.15) is 0 Å². The molecule has 2 N–H and O–H groups in total. The molecule has 2 unspecified atom stereocenters. The van der Waals surface area contributed by atoms with Crippen molar-refractivity contribution < 1.29 is 14.7 Å². The van der Waals surface area contributed by atoms with E-state index in [9.17, 15) is 9.59 Å². The van der Waals surface area contributed by atoms with Gasteiger partial charge in [-0.1, -0.05) is 12.8 Å². The lowest BCUT2D eigenvalue weighted by atomic mass is 10.1. The van der Waals surface area contributed by atoms with Crippen molar-refractivity contribution in [1.29, 1.82) is 0 Å². The molecule has 2 aliphatic rings. The van der Waals surface area contributed by atoms with Gasteiger partial charge in [-0.05, 0) is 32.6 Å². The summed E-state index contributed by atoms with van der Waals surface area (Å²) in [5.74, 6) is -0.811. The lowest BCUT2D eigenvalue weighted by Crippen LogP contribution is -2.49. The summed E-state index contributed by atoms with van der Waals surface area (Å²) in [6.07, 6.45) is 6.18. The molecule has 5 heteroatoms. The Balaban J connectivity index is 2.08. The number of carboxylic acid groups (broad SMARTS) is 1. The van der Waals surface area contributed by atoms with E-state index in [0.29, 0.717) is 12.5 Å². The van der Waals surface area contributed by atoms with Crippen LogP contribution in [-0.2, 0) is 9.59 Å². The van der Waals surface area contributed by atoms with E-state index < -0.39 is 5.97 Å². The molecule has 1 aliphatic carbocycles. The van der Waals surface area contributed by atoms with E-state index in [1.165, 1.54) is 12.8 Å². The molecular weight excluding hydrogens is 244 g/mol. The van der Waals surface area contributed by atoms with Crippen molar-refractivity contribution in [3.8, 4) is 0 Å². The fraction of sp³-hybridized carbons (Fsp3) is 0.857. The summed E-state index contributed by atoms with van der Waals surface area (Å²) >= 11 is 0. The molecule has 1 amide bonds. The minimum atomic E-state index is -0.823. The first-order chi connectivity index (χ1) is 9.08. The highest BCUT2D eigenvalue weighted by molar-refractivity contribution is 5.83. The second-order valence-corrected chi connectivity index (χ2v) is 5.82. The Morgan fingerprint density at radius 2 is 2.05 bits per heavy atom. The van der Waals surface area contributed by atoms with Gasteiger partial charge >= 0.3 is 5.97 Å². The van der Waals surface area contributed by atoms with Crippen molar-refractivity contribution in [2.75, 3.05) is 6.54 Å². The number of nitrogens with one attached hydrogen (secondary N) is 1. The summed E-state index contributed by atoms with van der Waals surface area (Å²) in [4.78, 5) is 25.3. The van der Waals surface area contributed by atoms with Gasteiger partial charge in [-0.25, -0.2) is 0 Å². The Kier molecular flexibility index (Phi) is 4.80. The molecule has 1 saturated carbocycles. The molecule has 5 nitrogen and oxygen atoms in total. The zero-order valence-electron chi connectivity index (χ0n) is 11.6. The van der Waals surface area contributed by atoms with Crippen LogP contribution in [0.25, 0.3) is 0 Å². The molecule has 19 heavy (non-hydrogen) atoms. The van der Waals surface area contributed by atoms with Gasteiger partial charge in [-0.15, -0.1) is 0 Å². The first kappa shape index (κ1) is 14.3. The van der Waals surface area contributed by atoms with E-state index in [0.717, 1.165) is 25.8 Å². The minimum Gasteiger partial charge on any atom is -0.481 e. The highest BCUT2D eigenvalue weighted by Gasteiger charge is 2.35. The fourth-order valence-corrected chi connectivity index (χ4v) is 3.29. The third-order valence-electron chi connectivity index (χ3n) is 4.34. The fourth-order valence-electron chi connectivity index (χ4n) is 3.29. The van der Waals surface area contributed by atoms with E-state index >= 15 is 0 Å². The molecule has 1 aliphatic heterocycles. The van der Waals surface area contributed by atoms with Crippen molar-refractivity contribution in [2.24, 2.45) is 0 Å². The highest BCUT2D eigenvalue weighted by Crippen LogP contribution is 2.28. The van der Waals surface area contributed by atoms with E-state index in [2.05, 4.69) is 10.2 Å². The van der Waals surface area contributed by atoms with Crippen molar-refractivity contribution in [2.45, 2.75) is 70.0 Å². The predicted molar refractivity (Wildman–Crippen MR) is 71.8 cm³/mol. The monoisotopic (exact) mass is 268 g/mol. The molecule has 0 aromatic heterocycles.